The summed E-state index contributed by atoms with van der Waals surface area (Å²) in [4.78, 5) is 29.3. The fourth-order valence-electron chi connectivity index (χ4n) is 3.33. The summed E-state index contributed by atoms with van der Waals surface area (Å²) in [6, 6.07) is 19.2. The molecule has 0 atom stereocenters. The lowest BCUT2D eigenvalue weighted by atomic mass is 10.2. The molecule has 11 heteroatoms. The van der Waals surface area contributed by atoms with Crippen LogP contribution >= 0.6 is 38.6 Å². The number of nitro groups is 1. The molecule has 0 radical (unpaired) electrons. The molecular formula is C24H15BrN4O4S2. The number of amides is 1. The van der Waals surface area contributed by atoms with Crippen LogP contribution < -0.4 is 9.75 Å². The number of rotatable bonds is 6. The van der Waals surface area contributed by atoms with Crippen LogP contribution in [0.3, 0.4) is 0 Å². The molecule has 1 amide bonds. The molecular weight excluding hydrogens is 552 g/mol. The number of methoxy groups -OCH3 is 1. The number of fused-ring (bicyclic) bond motifs is 2. The van der Waals surface area contributed by atoms with E-state index in [0.29, 0.717) is 21.1 Å². The van der Waals surface area contributed by atoms with Crippen LogP contribution in [-0.4, -0.2) is 29.1 Å². The number of hydrazone groups is 1. The molecule has 5 aromatic rings. The molecule has 0 fully saturated rings. The van der Waals surface area contributed by atoms with E-state index in [-0.39, 0.29) is 11.6 Å². The second-order valence-corrected chi connectivity index (χ2v) is 10.3. The number of hydrogen-bond acceptors (Lipinski definition) is 8. The minimum atomic E-state index is -0.456. The van der Waals surface area contributed by atoms with Gasteiger partial charge in [-0.05, 0) is 48.0 Å². The van der Waals surface area contributed by atoms with Crippen molar-refractivity contribution in [2.24, 2.45) is 5.10 Å². The maximum Gasteiger partial charge on any atom is 0.290 e. The zero-order valence-electron chi connectivity index (χ0n) is 18.0. The average Bonchev–Trinajstić information content (AvgIpc) is 3.48. The van der Waals surface area contributed by atoms with E-state index in [9.17, 15) is 14.9 Å². The molecule has 174 valence electrons. The van der Waals surface area contributed by atoms with Crippen molar-refractivity contribution in [3.05, 3.63) is 91.8 Å². The molecule has 35 heavy (non-hydrogen) atoms. The van der Waals surface area contributed by atoms with Crippen molar-refractivity contribution in [3.8, 4) is 5.75 Å². The van der Waals surface area contributed by atoms with Gasteiger partial charge in [-0.1, -0.05) is 39.4 Å². The number of nitrogens with zero attached hydrogens (tertiary/aromatic N) is 4. The summed E-state index contributed by atoms with van der Waals surface area (Å²) >= 11 is 5.97. The minimum absolute atomic E-state index is 0.0282. The number of halogens is 1. The van der Waals surface area contributed by atoms with Gasteiger partial charge in [-0.25, -0.2) is 4.98 Å². The summed E-state index contributed by atoms with van der Waals surface area (Å²) in [6.45, 7) is 0. The highest BCUT2D eigenvalue weighted by Gasteiger charge is 2.23. The van der Waals surface area contributed by atoms with Gasteiger partial charge in [-0.3, -0.25) is 14.9 Å². The van der Waals surface area contributed by atoms with Crippen molar-refractivity contribution in [2.75, 3.05) is 12.1 Å². The molecule has 0 bridgehead atoms. The first-order valence-corrected chi connectivity index (χ1v) is 12.6. The van der Waals surface area contributed by atoms with Crippen molar-refractivity contribution in [2.45, 2.75) is 0 Å². The smallest absolute Gasteiger partial charge is 0.290 e. The first-order valence-electron chi connectivity index (χ1n) is 10.2. The first-order chi connectivity index (χ1) is 16.9. The number of ether oxygens (including phenoxy) is 1. The van der Waals surface area contributed by atoms with E-state index in [2.05, 4.69) is 26.0 Å². The molecule has 0 N–H and O–H groups in total. The molecule has 0 saturated carbocycles. The standard InChI is InChI=1S/C24H15BrN4O4S2/c1-33-18-7-8-19-21(12-18)35-24(27-19)28(26-13-14-2-4-16(25)5-3-14)23(30)22-11-15-10-17(29(31)32)6-9-20(15)34-22/h2-13H,1H3/b26-13+. The highest BCUT2D eigenvalue weighted by atomic mass is 79.9. The van der Waals surface area contributed by atoms with E-state index in [1.807, 2.05) is 42.5 Å². The molecule has 3 aromatic carbocycles. The maximum atomic E-state index is 13.6. The number of non-ortho nitro benzene ring substituents is 1. The lowest BCUT2D eigenvalue weighted by molar-refractivity contribution is -0.384. The number of nitro benzene ring substituents is 1. The van der Waals surface area contributed by atoms with Gasteiger partial charge in [-0.2, -0.15) is 10.1 Å². The van der Waals surface area contributed by atoms with Crippen molar-refractivity contribution in [1.29, 1.82) is 0 Å². The highest BCUT2D eigenvalue weighted by Crippen LogP contribution is 2.35. The second kappa shape index (κ2) is 9.53. The number of thiazole rings is 1. The highest BCUT2D eigenvalue weighted by molar-refractivity contribution is 9.10. The normalized spacial score (nSPS) is 11.4. The number of thiophene rings is 1. The lowest BCUT2D eigenvalue weighted by Crippen LogP contribution is -2.24. The Morgan fingerprint density at radius 3 is 2.63 bits per heavy atom. The van der Waals surface area contributed by atoms with Gasteiger partial charge in [0.25, 0.3) is 11.6 Å². The SMILES string of the molecule is COc1ccc2nc(N(/N=C/c3ccc(Br)cc3)C(=O)c3cc4cc([N+](=O)[O-])ccc4s3)sc2c1. The Hall–Kier alpha value is -3.67. The molecule has 2 aromatic heterocycles. The monoisotopic (exact) mass is 566 g/mol. The zero-order valence-corrected chi connectivity index (χ0v) is 21.3. The third-order valence-corrected chi connectivity index (χ3v) is 7.70. The number of aromatic nitrogens is 1. The van der Waals surface area contributed by atoms with Gasteiger partial charge in [0.15, 0.2) is 0 Å². The summed E-state index contributed by atoms with van der Waals surface area (Å²) in [7, 11) is 1.59. The predicted molar refractivity (Wildman–Crippen MR) is 143 cm³/mol. The Kier molecular flexibility index (Phi) is 6.29. The summed E-state index contributed by atoms with van der Waals surface area (Å²) in [5, 5.41) is 17.9. The van der Waals surface area contributed by atoms with Gasteiger partial charge >= 0.3 is 0 Å². The van der Waals surface area contributed by atoms with Crippen LogP contribution in [0.2, 0.25) is 0 Å². The van der Waals surface area contributed by atoms with Gasteiger partial charge in [0.05, 0.1) is 33.3 Å². The molecule has 0 saturated heterocycles. The molecule has 2 heterocycles. The van der Waals surface area contributed by atoms with Gasteiger partial charge in [0.2, 0.25) is 5.13 Å². The van der Waals surface area contributed by atoms with Gasteiger partial charge in [0.1, 0.15) is 5.75 Å². The topological polar surface area (TPSA) is 97.9 Å². The van der Waals surface area contributed by atoms with E-state index < -0.39 is 4.92 Å². The van der Waals surface area contributed by atoms with Crippen molar-refractivity contribution < 1.29 is 14.5 Å². The molecule has 0 aliphatic carbocycles. The van der Waals surface area contributed by atoms with Crippen LogP contribution in [0, 0.1) is 10.1 Å². The third-order valence-electron chi connectivity index (χ3n) is 5.07. The molecule has 0 spiro atoms. The van der Waals surface area contributed by atoms with Crippen molar-refractivity contribution in [3.63, 3.8) is 0 Å². The third kappa shape index (κ3) is 4.78. The first kappa shape index (κ1) is 23.1. The summed E-state index contributed by atoms with van der Waals surface area (Å²) in [6.07, 6.45) is 1.59. The van der Waals surface area contributed by atoms with Gasteiger partial charge in [0, 0.05) is 26.7 Å². The lowest BCUT2D eigenvalue weighted by Gasteiger charge is -2.12. The van der Waals surface area contributed by atoms with E-state index in [1.54, 1.807) is 25.5 Å². The largest absolute Gasteiger partial charge is 0.497 e. The quantitative estimate of drug-likeness (QED) is 0.127. The number of hydrogen-bond donors (Lipinski definition) is 0. The molecule has 0 aliphatic heterocycles. The van der Waals surface area contributed by atoms with Crippen LogP contribution in [0.5, 0.6) is 5.75 Å². The minimum Gasteiger partial charge on any atom is -0.497 e. The summed E-state index contributed by atoms with van der Waals surface area (Å²) in [5.74, 6) is 0.309. The van der Waals surface area contributed by atoms with Gasteiger partial charge in [-0.15, -0.1) is 11.3 Å². The number of carbonyl (C=O) groups excluding carboxylic acids is 1. The van der Waals surface area contributed by atoms with E-state index in [0.717, 1.165) is 25.0 Å². The number of benzene rings is 3. The Labute approximate surface area is 215 Å². The van der Waals surface area contributed by atoms with Crippen LogP contribution in [0.25, 0.3) is 20.3 Å². The van der Waals surface area contributed by atoms with E-state index in [1.165, 1.54) is 39.8 Å². The Balaban J connectivity index is 1.57. The Bertz CT molecular complexity index is 1610. The predicted octanol–water partition coefficient (Wildman–Crippen LogP) is 6.87. The zero-order chi connectivity index (χ0) is 24.5. The average molecular weight is 567 g/mol. The fourth-order valence-corrected chi connectivity index (χ4v) is 5.51. The molecule has 0 unspecified atom stereocenters. The van der Waals surface area contributed by atoms with Crippen LogP contribution in [0.4, 0.5) is 10.8 Å². The molecule has 5 rings (SSSR count). The maximum absolute atomic E-state index is 13.6. The van der Waals surface area contributed by atoms with Crippen molar-refractivity contribution in [1.82, 2.24) is 4.98 Å². The van der Waals surface area contributed by atoms with Crippen molar-refractivity contribution >= 4 is 81.8 Å². The fraction of sp³-hybridized carbons (Fsp3) is 0.0417. The van der Waals surface area contributed by atoms with E-state index in [4.69, 9.17) is 4.74 Å². The van der Waals surface area contributed by atoms with Crippen LogP contribution in [0.15, 0.2) is 76.3 Å². The molecule has 0 aliphatic rings. The second-order valence-electron chi connectivity index (χ2n) is 7.33. The Morgan fingerprint density at radius 1 is 1.09 bits per heavy atom. The Morgan fingerprint density at radius 2 is 1.89 bits per heavy atom. The van der Waals surface area contributed by atoms with Gasteiger partial charge < -0.3 is 4.74 Å². The summed E-state index contributed by atoms with van der Waals surface area (Å²) in [5.41, 5.74) is 1.50. The van der Waals surface area contributed by atoms with Crippen LogP contribution in [0.1, 0.15) is 15.2 Å². The summed E-state index contributed by atoms with van der Waals surface area (Å²) < 4.78 is 7.85. The number of carbonyl (C=O) groups is 1. The van der Waals surface area contributed by atoms with Crippen LogP contribution in [-0.2, 0) is 0 Å². The number of anilines is 1. The van der Waals surface area contributed by atoms with E-state index >= 15 is 0 Å². The molecule has 8 nitrogen and oxygen atoms in total.